The van der Waals surface area contributed by atoms with Gasteiger partial charge in [-0.05, 0) is 35.2 Å². The number of thiophene rings is 1. The van der Waals surface area contributed by atoms with Crippen LogP contribution in [0.5, 0.6) is 0 Å². The molecule has 0 radical (unpaired) electrons. The third-order valence-electron chi connectivity index (χ3n) is 4.08. The lowest BCUT2D eigenvalue weighted by molar-refractivity contribution is -0.115. The van der Waals surface area contributed by atoms with Crippen molar-refractivity contribution < 1.29 is 13.2 Å². The molecule has 28 heavy (non-hydrogen) atoms. The van der Waals surface area contributed by atoms with Crippen molar-refractivity contribution in [3.63, 3.8) is 0 Å². The van der Waals surface area contributed by atoms with Gasteiger partial charge in [-0.1, -0.05) is 30.3 Å². The van der Waals surface area contributed by atoms with E-state index in [9.17, 15) is 13.2 Å². The molecule has 0 spiro atoms. The van der Waals surface area contributed by atoms with Gasteiger partial charge >= 0.3 is 0 Å². The van der Waals surface area contributed by atoms with Gasteiger partial charge in [-0.2, -0.15) is 5.10 Å². The predicted octanol–water partition coefficient (Wildman–Crippen LogP) is 3.61. The number of hydrogen-bond donors (Lipinski definition) is 3. The van der Waals surface area contributed by atoms with Crippen LogP contribution in [0.4, 0.5) is 11.4 Å². The Morgan fingerprint density at radius 3 is 2.64 bits per heavy atom. The molecule has 0 atom stereocenters. The van der Waals surface area contributed by atoms with Crippen LogP contribution in [0.1, 0.15) is 5.56 Å². The number of aromatic nitrogens is 2. The van der Waals surface area contributed by atoms with Crippen molar-refractivity contribution in [1.82, 2.24) is 10.2 Å². The summed E-state index contributed by atoms with van der Waals surface area (Å²) in [6, 6.07) is 15.5. The number of rotatable bonds is 6. The smallest absolute Gasteiger partial charge is 0.271 e. The van der Waals surface area contributed by atoms with E-state index in [2.05, 4.69) is 20.2 Å². The van der Waals surface area contributed by atoms with Crippen LogP contribution < -0.4 is 10.0 Å². The van der Waals surface area contributed by atoms with E-state index in [1.54, 1.807) is 54.0 Å². The molecule has 0 bridgehead atoms. The van der Waals surface area contributed by atoms with Crippen molar-refractivity contribution in [3.8, 4) is 0 Å². The number of hydrogen-bond acceptors (Lipinski definition) is 5. The van der Waals surface area contributed by atoms with Gasteiger partial charge in [-0.3, -0.25) is 14.6 Å². The van der Waals surface area contributed by atoms with Crippen LogP contribution in [0.2, 0.25) is 0 Å². The van der Waals surface area contributed by atoms with Crippen LogP contribution in [0.15, 0.2) is 70.4 Å². The number of H-pyrrole nitrogens is 1. The fourth-order valence-corrected chi connectivity index (χ4v) is 4.82. The van der Waals surface area contributed by atoms with Crippen molar-refractivity contribution in [2.45, 2.75) is 10.6 Å². The molecule has 0 aliphatic heterocycles. The van der Waals surface area contributed by atoms with Crippen LogP contribution in [0, 0.1) is 0 Å². The van der Waals surface area contributed by atoms with E-state index in [0.717, 1.165) is 27.8 Å². The SMILES string of the molecule is O=C(Cc1ccc(NS(=O)(=O)c2cccs2)cc1)Nc1cccc2cn[nH]c12. The van der Waals surface area contributed by atoms with E-state index in [4.69, 9.17) is 0 Å². The summed E-state index contributed by atoms with van der Waals surface area (Å²) in [4.78, 5) is 12.4. The highest BCUT2D eigenvalue weighted by molar-refractivity contribution is 7.94. The van der Waals surface area contributed by atoms with Crippen LogP contribution in [0.25, 0.3) is 10.9 Å². The standard InChI is InChI=1S/C19H16N4O3S2/c24-17(21-16-4-1-3-14-12-20-22-19(14)16)11-13-6-8-15(9-7-13)23-28(25,26)18-5-2-10-27-18/h1-10,12,23H,11H2,(H,20,22)(H,21,24). The molecule has 0 aliphatic rings. The first-order valence-electron chi connectivity index (χ1n) is 8.38. The van der Waals surface area contributed by atoms with Gasteiger partial charge < -0.3 is 5.32 Å². The molecule has 2 aromatic carbocycles. The van der Waals surface area contributed by atoms with Crippen molar-refractivity contribution in [3.05, 3.63) is 71.7 Å². The second kappa shape index (κ2) is 7.45. The monoisotopic (exact) mass is 412 g/mol. The summed E-state index contributed by atoms with van der Waals surface area (Å²) in [5.41, 5.74) is 2.66. The van der Waals surface area contributed by atoms with Gasteiger partial charge in [0, 0.05) is 11.1 Å². The molecule has 9 heteroatoms. The Morgan fingerprint density at radius 1 is 1.07 bits per heavy atom. The van der Waals surface area contributed by atoms with Crippen LogP contribution in [-0.2, 0) is 21.2 Å². The first-order valence-corrected chi connectivity index (χ1v) is 10.7. The largest absolute Gasteiger partial charge is 0.324 e. The molecule has 0 fully saturated rings. The molecule has 142 valence electrons. The zero-order chi connectivity index (χ0) is 19.6. The van der Waals surface area contributed by atoms with E-state index in [-0.39, 0.29) is 16.5 Å². The average Bonchev–Trinajstić information content (AvgIpc) is 3.35. The number of aromatic amines is 1. The molecule has 0 saturated carbocycles. The quantitative estimate of drug-likeness (QED) is 0.450. The lowest BCUT2D eigenvalue weighted by atomic mass is 10.1. The number of amides is 1. The summed E-state index contributed by atoms with van der Waals surface area (Å²) in [5, 5.41) is 12.3. The molecule has 2 heterocycles. The summed E-state index contributed by atoms with van der Waals surface area (Å²) in [6.45, 7) is 0. The number of fused-ring (bicyclic) bond motifs is 1. The number of para-hydroxylation sites is 1. The predicted molar refractivity (Wildman–Crippen MR) is 110 cm³/mol. The minimum absolute atomic E-state index is 0.169. The van der Waals surface area contributed by atoms with Crippen molar-refractivity contribution in [2.24, 2.45) is 0 Å². The van der Waals surface area contributed by atoms with Gasteiger partial charge in [-0.25, -0.2) is 8.42 Å². The van der Waals surface area contributed by atoms with Gasteiger partial charge in [0.1, 0.15) is 4.21 Å². The van der Waals surface area contributed by atoms with Crippen LogP contribution in [-0.4, -0.2) is 24.5 Å². The van der Waals surface area contributed by atoms with E-state index in [0.29, 0.717) is 11.4 Å². The number of carbonyl (C=O) groups excluding carboxylic acids is 1. The average molecular weight is 412 g/mol. The molecule has 0 aliphatic carbocycles. The molecule has 0 saturated heterocycles. The third kappa shape index (κ3) is 3.90. The summed E-state index contributed by atoms with van der Waals surface area (Å²) < 4.78 is 27.3. The zero-order valence-electron chi connectivity index (χ0n) is 14.5. The highest BCUT2D eigenvalue weighted by Crippen LogP contribution is 2.22. The Kier molecular flexibility index (Phi) is 4.84. The molecular formula is C19H16N4O3S2. The summed E-state index contributed by atoms with van der Waals surface area (Å²) >= 11 is 1.15. The van der Waals surface area contributed by atoms with E-state index < -0.39 is 10.0 Å². The fraction of sp³-hybridized carbons (Fsp3) is 0.0526. The molecule has 7 nitrogen and oxygen atoms in total. The number of benzene rings is 2. The molecular weight excluding hydrogens is 396 g/mol. The van der Waals surface area contributed by atoms with E-state index >= 15 is 0 Å². The topological polar surface area (TPSA) is 104 Å². The van der Waals surface area contributed by atoms with E-state index in [1.807, 2.05) is 12.1 Å². The molecule has 0 unspecified atom stereocenters. The second-order valence-electron chi connectivity index (χ2n) is 6.10. The van der Waals surface area contributed by atoms with Crippen molar-refractivity contribution >= 4 is 49.5 Å². The van der Waals surface area contributed by atoms with Crippen LogP contribution in [0.3, 0.4) is 0 Å². The number of nitrogens with one attached hydrogen (secondary N) is 3. The summed E-state index contributed by atoms with van der Waals surface area (Å²) in [6.07, 6.45) is 1.86. The number of anilines is 2. The lowest BCUT2D eigenvalue weighted by Crippen LogP contribution is -2.15. The van der Waals surface area contributed by atoms with Gasteiger partial charge in [0.05, 0.1) is 23.8 Å². The minimum atomic E-state index is -3.58. The van der Waals surface area contributed by atoms with Gasteiger partial charge in [0.2, 0.25) is 5.91 Å². The Labute approximate surface area is 165 Å². The Morgan fingerprint density at radius 2 is 1.89 bits per heavy atom. The van der Waals surface area contributed by atoms with Crippen LogP contribution >= 0.6 is 11.3 Å². The molecule has 2 aromatic heterocycles. The first-order chi connectivity index (χ1) is 13.5. The summed E-state index contributed by atoms with van der Waals surface area (Å²) in [5.74, 6) is -0.172. The zero-order valence-corrected chi connectivity index (χ0v) is 16.2. The summed E-state index contributed by atoms with van der Waals surface area (Å²) in [7, 11) is -3.58. The highest BCUT2D eigenvalue weighted by Gasteiger charge is 2.15. The molecule has 3 N–H and O–H groups in total. The van der Waals surface area contributed by atoms with Gasteiger partial charge in [0.15, 0.2) is 0 Å². The van der Waals surface area contributed by atoms with Gasteiger partial charge in [0.25, 0.3) is 10.0 Å². The maximum atomic E-state index is 12.4. The lowest BCUT2D eigenvalue weighted by Gasteiger charge is -2.08. The maximum absolute atomic E-state index is 12.4. The van der Waals surface area contributed by atoms with Crippen molar-refractivity contribution in [1.29, 1.82) is 0 Å². The normalized spacial score (nSPS) is 11.4. The highest BCUT2D eigenvalue weighted by atomic mass is 32.2. The Hall–Kier alpha value is -3.17. The fourth-order valence-electron chi connectivity index (χ4n) is 2.77. The number of carbonyl (C=O) groups is 1. The Bertz CT molecular complexity index is 1210. The molecule has 4 rings (SSSR count). The third-order valence-corrected chi connectivity index (χ3v) is 6.86. The maximum Gasteiger partial charge on any atom is 0.271 e. The second-order valence-corrected chi connectivity index (χ2v) is 8.96. The first kappa shape index (κ1) is 18.2. The number of nitrogens with zero attached hydrogens (tertiary/aromatic N) is 1. The molecule has 1 amide bonds. The van der Waals surface area contributed by atoms with Gasteiger partial charge in [-0.15, -0.1) is 11.3 Å². The van der Waals surface area contributed by atoms with E-state index in [1.165, 1.54) is 0 Å². The Balaban J connectivity index is 1.42. The molecule has 4 aromatic rings. The minimum Gasteiger partial charge on any atom is -0.324 e. The van der Waals surface area contributed by atoms with Crippen molar-refractivity contribution in [2.75, 3.05) is 10.0 Å². The number of sulfonamides is 1.